The van der Waals surface area contributed by atoms with Gasteiger partial charge in [-0.2, -0.15) is 5.26 Å². The lowest BCUT2D eigenvalue weighted by atomic mass is 10.0. The predicted molar refractivity (Wildman–Crippen MR) is 166 cm³/mol. The van der Waals surface area contributed by atoms with Gasteiger partial charge in [-0.15, -0.1) is 11.3 Å². The third kappa shape index (κ3) is 6.10. The van der Waals surface area contributed by atoms with Crippen molar-refractivity contribution in [3.05, 3.63) is 80.1 Å². The Morgan fingerprint density at radius 1 is 1.27 bits per heavy atom. The molecule has 0 saturated heterocycles. The summed E-state index contributed by atoms with van der Waals surface area (Å²) in [7, 11) is 1.72. The molecule has 4 heterocycles. The van der Waals surface area contributed by atoms with Crippen molar-refractivity contribution in [1.82, 2.24) is 24.4 Å². The van der Waals surface area contributed by atoms with Crippen LogP contribution in [0.15, 0.2) is 46.8 Å². The number of carboxylic acid groups (broad SMARTS) is 1. The number of halogens is 2. The molecule has 0 aliphatic carbocycles. The molecule has 13 heteroatoms. The molecule has 0 spiro atoms. The van der Waals surface area contributed by atoms with E-state index in [0.29, 0.717) is 37.9 Å². The Hall–Kier alpha value is -4.88. The van der Waals surface area contributed by atoms with E-state index in [1.54, 1.807) is 48.5 Å². The summed E-state index contributed by atoms with van der Waals surface area (Å²) in [6.07, 6.45) is 2.95. The maximum atomic E-state index is 13.6. The van der Waals surface area contributed by atoms with Crippen LogP contribution in [-0.2, 0) is 6.54 Å². The highest BCUT2D eigenvalue weighted by atomic mass is 35.5. The topological polar surface area (TPSA) is 134 Å². The van der Waals surface area contributed by atoms with Crippen LogP contribution in [0.2, 0.25) is 5.02 Å². The van der Waals surface area contributed by atoms with Crippen LogP contribution >= 0.6 is 22.9 Å². The largest absolute Gasteiger partial charge is 0.491 e. The third-order valence-electron chi connectivity index (χ3n) is 6.81. The number of fused-ring (bicyclic) bond motifs is 2. The fourth-order valence-corrected chi connectivity index (χ4v) is 5.85. The van der Waals surface area contributed by atoms with Crippen molar-refractivity contribution in [2.75, 3.05) is 33.4 Å². The second kappa shape index (κ2) is 13.2. The van der Waals surface area contributed by atoms with Gasteiger partial charge in [0.1, 0.15) is 42.2 Å². The zero-order valence-electron chi connectivity index (χ0n) is 23.6. The van der Waals surface area contributed by atoms with Gasteiger partial charge in [-0.25, -0.2) is 19.2 Å². The highest BCUT2D eigenvalue weighted by Gasteiger charge is 2.19. The van der Waals surface area contributed by atoms with Crippen LogP contribution in [0.1, 0.15) is 27.4 Å². The fraction of sp³-hybridized carbons (Fsp3) is 0.226. The lowest BCUT2D eigenvalue weighted by Crippen LogP contribution is -2.27. The molecule has 0 radical (unpaired) electrons. The Labute approximate surface area is 260 Å². The SMILES string of the molecule is Cc1nc2cnc(C#CCN(C)CCF)c(C#N)c2c(=O)n1CCOc1ccc(Cl)cc1-c1ccnc2c(C(=O)O)csc12. The Bertz CT molecular complexity index is 2080. The highest BCUT2D eigenvalue weighted by molar-refractivity contribution is 7.18. The number of benzene rings is 1. The van der Waals surface area contributed by atoms with Crippen molar-refractivity contribution >= 4 is 50.0 Å². The van der Waals surface area contributed by atoms with Crippen LogP contribution < -0.4 is 10.3 Å². The smallest absolute Gasteiger partial charge is 0.338 e. The first-order chi connectivity index (χ1) is 21.2. The van der Waals surface area contributed by atoms with Crippen LogP contribution in [0.25, 0.3) is 32.2 Å². The molecule has 0 saturated carbocycles. The van der Waals surface area contributed by atoms with E-state index >= 15 is 0 Å². The molecule has 0 bridgehead atoms. The molecule has 0 aliphatic rings. The second-order valence-corrected chi connectivity index (χ2v) is 11.0. The number of carbonyl (C=O) groups is 1. The molecular weight excluding hydrogens is 607 g/mol. The minimum atomic E-state index is -1.07. The average Bonchev–Trinajstić information content (AvgIpc) is 3.44. The highest BCUT2D eigenvalue weighted by Crippen LogP contribution is 2.39. The summed E-state index contributed by atoms with van der Waals surface area (Å²) in [6.45, 7) is 1.87. The normalized spacial score (nSPS) is 11.0. The Morgan fingerprint density at radius 3 is 2.84 bits per heavy atom. The van der Waals surface area contributed by atoms with Crippen molar-refractivity contribution in [3.8, 4) is 34.8 Å². The lowest BCUT2D eigenvalue weighted by Gasteiger charge is -2.15. The van der Waals surface area contributed by atoms with E-state index in [2.05, 4.69) is 26.8 Å². The molecule has 0 amide bonds. The molecule has 4 aromatic heterocycles. The number of nitrogens with zero attached hydrogens (tertiary/aromatic N) is 6. The van der Waals surface area contributed by atoms with Crippen LogP contribution in [0, 0.1) is 30.1 Å². The zero-order valence-corrected chi connectivity index (χ0v) is 25.2. The van der Waals surface area contributed by atoms with Gasteiger partial charge >= 0.3 is 5.97 Å². The number of rotatable bonds is 9. The molecule has 10 nitrogen and oxygen atoms in total. The quantitative estimate of drug-likeness (QED) is 0.225. The molecular formula is C31H24ClFN6O4S. The standard InChI is InChI=1S/C31H24ClFN6O4S/c1-18-37-25-16-36-24(4-3-10-38(2)11-8-33)22(15-34)27(25)30(40)39(18)12-13-43-26-6-5-19(32)14-21(26)20-7-9-35-28-23(31(41)42)17-44-29(20)28/h5-7,9,14,16-17H,8,10-13H2,1-2H3,(H,41,42). The van der Waals surface area contributed by atoms with E-state index in [1.807, 2.05) is 6.07 Å². The first kappa shape index (κ1) is 30.6. The van der Waals surface area contributed by atoms with Crippen LogP contribution in [0.4, 0.5) is 4.39 Å². The van der Waals surface area contributed by atoms with E-state index in [0.717, 1.165) is 0 Å². The fourth-order valence-electron chi connectivity index (χ4n) is 4.65. The number of alkyl halides is 1. The minimum Gasteiger partial charge on any atom is -0.491 e. The Morgan fingerprint density at radius 2 is 2.09 bits per heavy atom. The van der Waals surface area contributed by atoms with Gasteiger partial charge in [-0.05, 0) is 44.2 Å². The molecule has 0 fully saturated rings. The Balaban J connectivity index is 1.45. The summed E-state index contributed by atoms with van der Waals surface area (Å²) >= 11 is 7.59. The van der Waals surface area contributed by atoms with Gasteiger partial charge in [0.25, 0.3) is 5.56 Å². The first-order valence-corrected chi connectivity index (χ1v) is 14.5. The number of aromatic carboxylic acids is 1. The van der Waals surface area contributed by atoms with E-state index < -0.39 is 18.2 Å². The summed E-state index contributed by atoms with van der Waals surface area (Å²) in [4.78, 5) is 40.0. The molecule has 0 unspecified atom stereocenters. The minimum absolute atomic E-state index is 0.0219. The predicted octanol–water partition coefficient (Wildman–Crippen LogP) is 4.93. The molecule has 44 heavy (non-hydrogen) atoms. The molecule has 0 aliphatic heterocycles. The number of hydrogen-bond donors (Lipinski definition) is 1. The Kier molecular flexibility index (Phi) is 9.16. The van der Waals surface area contributed by atoms with Crippen molar-refractivity contribution in [2.45, 2.75) is 13.5 Å². The summed E-state index contributed by atoms with van der Waals surface area (Å²) in [5, 5.41) is 21.6. The van der Waals surface area contributed by atoms with E-state index in [9.17, 15) is 24.3 Å². The monoisotopic (exact) mass is 630 g/mol. The number of hydrogen-bond acceptors (Lipinski definition) is 9. The molecule has 5 rings (SSSR count). The van der Waals surface area contributed by atoms with Crippen molar-refractivity contribution < 1.29 is 19.0 Å². The van der Waals surface area contributed by atoms with E-state index in [1.165, 1.54) is 28.3 Å². The van der Waals surface area contributed by atoms with Gasteiger partial charge in [0.05, 0.1) is 46.0 Å². The summed E-state index contributed by atoms with van der Waals surface area (Å²) in [5.41, 5.74) is 1.85. The second-order valence-electron chi connectivity index (χ2n) is 9.68. The van der Waals surface area contributed by atoms with Crippen LogP contribution in [-0.4, -0.2) is 68.9 Å². The van der Waals surface area contributed by atoms with Gasteiger partial charge < -0.3 is 9.84 Å². The number of carboxylic acids is 1. The maximum absolute atomic E-state index is 13.6. The van der Waals surface area contributed by atoms with Gasteiger partial charge in [0.15, 0.2) is 0 Å². The molecule has 222 valence electrons. The third-order valence-corrected chi connectivity index (χ3v) is 8.05. The van der Waals surface area contributed by atoms with E-state index in [-0.39, 0.29) is 54.0 Å². The first-order valence-electron chi connectivity index (χ1n) is 13.3. The number of aryl methyl sites for hydroxylation is 1. The van der Waals surface area contributed by atoms with Gasteiger partial charge in [0.2, 0.25) is 0 Å². The van der Waals surface area contributed by atoms with Crippen molar-refractivity contribution in [3.63, 3.8) is 0 Å². The van der Waals surface area contributed by atoms with Crippen LogP contribution in [0.5, 0.6) is 5.75 Å². The summed E-state index contributed by atoms with van der Waals surface area (Å²) < 4.78 is 20.8. The summed E-state index contributed by atoms with van der Waals surface area (Å²) in [6, 6.07) is 8.93. The number of nitriles is 1. The van der Waals surface area contributed by atoms with Gasteiger partial charge in [0, 0.05) is 34.3 Å². The molecule has 1 N–H and O–H groups in total. The zero-order chi connectivity index (χ0) is 31.4. The summed E-state index contributed by atoms with van der Waals surface area (Å²) in [5.74, 6) is 5.51. The van der Waals surface area contributed by atoms with Crippen molar-refractivity contribution in [2.24, 2.45) is 0 Å². The van der Waals surface area contributed by atoms with Crippen LogP contribution in [0.3, 0.4) is 0 Å². The average molecular weight is 631 g/mol. The molecule has 1 aromatic carbocycles. The number of ether oxygens (including phenoxy) is 1. The molecule has 5 aromatic rings. The number of thiophene rings is 1. The number of pyridine rings is 2. The molecule has 0 atom stereocenters. The number of aromatic nitrogens is 4. The van der Waals surface area contributed by atoms with Crippen molar-refractivity contribution in [1.29, 1.82) is 5.26 Å². The van der Waals surface area contributed by atoms with E-state index in [4.69, 9.17) is 16.3 Å². The van der Waals surface area contributed by atoms with Gasteiger partial charge in [-0.3, -0.25) is 19.2 Å². The lowest BCUT2D eigenvalue weighted by molar-refractivity contribution is 0.0699. The maximum Gasteiger partial charge on any atom is 0.338 e. The van der Waals surface area contributed by atoms with Gasteiger partial charge in [-0.1, -0.05) is 17.5 Å².